The maximum Gasteiger partial charge on any atom is 0.246 e. The molecule has 0 N–H and O–H groups in total. The first-order chi connectivity index (χ1) is 9.95. The lowest BCUT2D eigenvalue weighted by molar-refractivity contribution is -0.297. The SMILES string of the molecule is COc1ccc(/C=C/C(=O)[O-])cc1S(=O)(=O)N1CCCC1. The molecule has 7 heteroatoms. The third kappa shape index (κ3) is 3.43. The molecule has 21 heavy (non-hydrogen) atoms. The van der Waals surface area contributed by atoms with Gasteiger partial charge in [-0.2, -0.15) is 4.31 Å². The molecule has 2 rings (SSSR count). The molecule has 1 saturated heterocycles. The topological polar surface area (TPSA) is 86.7 Å². The number of carboxylic acids is 1. The first kappa shape index (κ1) is 15.5. The monoisotopic (exact) mass is 310 g/mol. The highest BCUT2D eigenvalue weighted by Crippen LogP contribution is 2.30. The molecule has 1 fully saturated rings. The summed E-state index contributed by atoms with van der Waals surface area (Å²) in [5.41, 5.74) is 0.456. The van der Waals surface area contributed by atoms with Gasteiger partial charge in [0.2, 0.25) is 10.0 Å². The van der Waals surface area contributed by atoms with E-state index in [1.54, 1.807) is 6.07 Å². The van der Waals surface area contributed by atoms with Crippen LogP contribution < -0.4 is 9.84 Å². The highest BCUT2D eigenvalue weighted by Gasteiger charge is 2.29. The number of benzene rings is 1. The predicted octanol–water partition coefficient (Wildman–Crippen LogP) is 0.243. The van der Waals surface area contributed by atoms with Gasteiger partial charge in [-0.3, -0.25) is 0 Å². The van der Waals surface area contributed by atoms with Crippen LogP contribution in [0.3, 0.4) is 0 Å². The fourth-order valence-corrected chi connectivity index (χ4v) is 3.94. The van der Waals surface area contributed by atoms with Crippen molar-refractivity contribution in [2.45, 2.75) is 17.7 Å². The predicted molar refractivity (Wildman–Crippen MR) is 75.0 cm³/mol. The molecule has 1 aliphatic heterocycles. The average Bonchev–Trinajstić information content (AvgIpc) is 2.99. The standard InChI is InChI=1S/C14H17NO5S/c1-20-12-6-4-11(5-7-14(16)17)10-13(12)21(18,19)15-8-2-3-9-15/h4-7,10H,2-3,8-9H2,1H3,(H,16,17)/p-1/b7-5+. The van der Waals surface area contributed by atoms with Crippen LogP contribution in [0.1, 0.15) is 18.4 Å². The number of aliphatic carboxylic acids is 1. The zero-order valence-electron chi connectivity index (χ0n) is 11.6. The van der Waals surface area contributed by atoms with Crippen LogP contribution >= 0.6 is 0 Å². The Hall–Kier alpha value is -1.86. The van der Waals surface area contributed by atoms with E-state index >= 15 is 0 Å². The second kappa shape index (κ2) is 6.28. The third-order valence-electron chi connectivity index (χ3n) is 3.28. The molecule has 0 bridgehead atoms. The van der Waals surface area contributed by atoms with Gasteiger partial charge >= 0.3 is 0 Å². The Morgan fingerprint density at radius 1 is 1.33 bits per heavy atom. The van der Waals surface area contributed by atoms with Crippen molar-refractivity contribution in [1.29, 1.82) is 0 Å². The Morgan fingerprint density at radius 3 is 2.57 bits per heavy atom. The van der Waals surface area contributed by atoms with Crippen molar-refractivity contribution >= 4 is 22.1 Å². The molecule has 0 aromatic heterocycles. The molecule has 6 nitrogen and oxygen atoms in total. The van der Waals surface area contributed by atoms with Crippen molar-refractivity contribution in [3.8, 4) is 5.75 Å². The number of hydrogen-bond donors (Lipinski definition) is 0. The fourth-order valence-electron chi connectivity index (χ4n) is 2.23. The largest absolute Gasteiger partial charge is 0.545 e. The molecule has 0 radical (unpaired) electrons. The van der Waals surface area contributed by atoms with E-state index in [2.05, 4.69) is 0 Å². The van der Waals surface area contributed by atoms with E-state index in [0.29, 0.717) is 18.7 Å². The lowest BCUT2D eigenvalue weighted by Crippen LogP contribution is -2.28. The molecule has 1 heterocycles. The van der Waals surface area contributed by atoms with Gasteiger partial charge < -0.3 is 14.6 Å². The highest BCUT2D eigenvalue weighted by atomic mass is 32.2. The zero-order valence-corrected chi connectivity index (χ0v) is 12.4. The maximum atomic E-state index is 12.6. The molecule has 0 saturated carbocycles. The van der Waals surface area contributed by atoms with Crippen LogP contribution in [0.25, 0.3) is 6.08 Å². The van der Waals surface area contributed by atoms with Gasteiger partial charge in [-0.25, -0.2) is 8.42 Å². The number of methoxy groups -OCH3 is 1. The summed E-state index contributed by atoms with van der Waals surface area (Å²) in [6.07, 6.45) is 3.82. The summed E-state index contributed by atoms with van der Waals surface area (Å²) in [6.45, 7) is 0.981. The zero-order chi connectivity index (χ0) is 15.5. The van der Waals surface area contributed by atoms with Crippen LogP contribution in [0.4, 0.5) is 0 Å². The number of hydrogen-bond acceptors (Lipinski definition) is 5. The van der Waals surface area contributed by atoms with Gasteiger partial charge in [-0.1, -0.05) is 12.1 Å². The minimum absolute atomic E-state index is 0.0485. The number of rotatable bonds is 5. The molecule has 1 aromatic rings. The quantitative estimate of drug-likeness (QED) is 0.727. The summed E-state index contributed by atoms with van der Waals surface area (Å²) in [6, 6.07) is 4.51. The third-order valence-corrected chi connectivity index (χ3v) is 5.20. The van der Waals surface area contributed by atoms with Gasteiger partial charge in [0, 0.05) is 13.1 Å². The van der Waals surface area contributed by atoms with Crippen LogP contribution in [0.5, 0.6) is 5.75 Å². The Morgan fingerprint density at radius 2 is 2.00 bits per heavy atom. The summed E-state index contributed by atoms with van der Waals surface area (Å²) < 4.78 is 31.7. The van der Waals surface area contributed by atoms with Crippen LogP contribution in [0.2, 0.25) is 0 Å². The molecule has 1 aliphatic rings. The molecule has 114 valence electrons. The molecule has 0 spiro atoms. The van der Waals surface area contributed by atoms with Crippen molar-refractivity contribution in [2.24, 2.45) is 0 Å². The van der Waals surface area contributed by atoms with Gasteiger partial charge in [0.1, 0.15) is 10.6 Å². The van der Waals surface area contributed by atoms with Crippen LogP contribution in [-0.2, 0) is 14.8 Å². The van der Waals surface area contributed by atoms with Crippen molar-refractivity contribution < 1.29 is 23.1 Å². The highest BCUT2D eigenvalue weighted by molar-refractivity contribution is 7.89. The van der Waals surface area contributed by atoms with E-state index in [4.69, 9.17) is 4.74 Å². The van der Waals surface area contributed by atoms with Gasteiger partial charge in [-0.05, 0) is 36.6 Å². The Kier molecular flexibility index (Phi) is 4.64. The van der Waals surface area contributed by atoms with Crippen LogP contribution in [-0.4, -0.2) is 38.9 Å². The van der Waals surface area contributed by atoms with Gasteiger partial charge in [0.15, 0.2) is 0 Å². The number of carboxylic acid groups (broad SMARTS) is 1. The molecular formula is C14H16NO5S-. The van der Waals surface area contributed by atoms with Crippen molar-refractivity contribution in [3.05, 3.63) is 29.8 Å². The Bertz CT molecular complexity index is 660. The molecule has 1 aromatic carbocycles. The van der Waals surface area contributed by atoms with E-state index in [1.165, 1.54) is 29.6 Å². The van der Waals surface area contributed by atoms with Gasteiger partial charge in [0.05, 0.1) is 13.1 Å². The maximum absolute atomic E-state index is 12.6. The molecule has 0 amide bonds. The second-order valence-electron chi connectivity index (χ2n) is 4.67. The first-order valence-corrected chi connectivity index (χ1v) is 7.96. The summed E-state index contributed by atoms with van der Waals surface area (Å²) in [4.78, 5) is 10.5. The van der Waals surface area contributed by atoms with E-state index in [1.807, 2.05) is 0 Å². The molecule has 0 aliphatic carbocycles. The normalized spacial score (nSPS) is 16.4. The lowest BCUT2D eigenvalue weighted by Gasteiger charge is -2.18. The van der Waals surface area contributed by atoms with E-state index in [0.717, 1.165) is 18.9 Å². The number of nitrogens with zero attached hydrogens (tertiary/aromatic N) is 1. The van der Waals surface area contributed by atoms with Crippen molar-refractivity contribution in [1.82, 2.24) is 4.31 Å². The number of carbonyl (C=O) groups excluding carboxylic acids is 1. The summed E-state index contributed by atoms with van der Waals surface area (Å²) in [5.74, 6) is -1.10. The minimum Gasteiger partial charge on any atom is -0.545 e. The van der Waals surface area contributed by atoms with E-state index < -0.39 is 16.0 Å². The molecular weight excluding hydrogens is 294 g/mol. The molecule has 0 unspecified atom stereocenters. The van der Waals surface area contributed by atoms with Gasteiger partial charge in [0.25, 0.3) is 0 Å². The number of sulfonamides is 1. The Balaban J connectivity index is 2.44. The van der Waals surface area contributed by atoms with Crippen LogP contribution in [0.15, 0.2) is 29.2 Å². The fraction of sp³-hybridized carbons (Fsp3) is 0.357. The Labute approximate surface area is 123 Å². The van der Waals surface area contributed by atoms with Crippen LogP contribution in [0, 0.1) is 0 Å². The second-order valence-corrected chi connectivity index (χ2v) is 6.58. The smallest absolute Gasteiger partial charge is 0.246 e. The average molecular weight is 310 g/mol. The summed E-state index contributed by atoms with van der Waals surface area (Å²) in [5, 5.41) is 10.4. The summed E-state index contributed by atoms with van der Waals surface area (Å²) >= 11 is 0. The number of carbonyl (C=O) groups is 1. The van der Waals surface area contributed by atoms with Crippen molar-refractivity contribution in [2.75, 3.05) is 20.2 Å². The van der Waals surface area contributed by atoms with Gasteiger partial charge in [-0.15, -0.1) is 0 Å². The minimum atomic E-state index is -3.63. The molecule has 0 atom stereocenters. The summed E-state index contributed by atoms with van der Waals surface area (Å²) in [7, 11) is -2.23. The first-order valence-electron chi connectivity index (χ1n) is 6.52. The lowest BCUT2D eigenvalue weighted by atomic mass is 10.2. The van der Waals surface area contributed by atoms with E-state index in [-0.39, 0.29) is 10.6 Å². The van der Waals surface area contributed by atoms with Crippen molar-refractivity contribution in [3.63, 3.8) is 0 Å². The number of ether oxygens (including phenoxy) is 1. The van der Waals surface area contributed by atoms with E-state index in [9.17, 15) is 18.3 Å².